The molecule has 46 heavy (non-hydrogen) atoms. The Kier molecular flexibility index (Phi) is 9.53. The summed E-state index contributed by atoms with van der Waals surface area (Å²) in [6.07, 6.45) is 12.1. The molecule has 0 saturated carbocycles. The van der Waals surface area contributed by atoms with Crippen molar-refractivity contribution in [3.8, 4) is 0 Å². The van der Waals surface area contributed by atoms with Crippen LogP contribution in [0.5, 0.6) is 0 Å². The van der Waals surface area contributed by atoms with Gasteiger partial charge < -0.3 is 0 Å². The zero-order valence-corrected chi connectivity index (χ0v) is 30.5. The maximum Gasteiger partial charge on any atom is 0.311 e. The summed E-state index contributed by atoms with van der Waals surface area (Å²) < 4.78 is 42.5. The average molecular weight is 667 g/mol. The zero-order chi connectivity index (χ0) is 32.1. The van der Waals surface area contributed by atoms with Gasteiger partial charge in [-0.05, 0) is 126 Å². The van der Waals surface area contributed by atoms with Crippen molar-refractivity contribution in [1.82, 2.24) is 18.7 Å². The van der Waals surface area contributed by atoms with Crippen LogP contribution in [0.2, 0.25) is 0 Å². The quantitative estimate of drug-likeness (QED) is 0.302. The number of anilines is 2. The lowest BCUT2D eigenvalue weighted by atomic mass is 10.1. The first-order valence-corrected chi connectivity index (χ1v) is 21.3. The van der Waals surface area contributed by atoms with E-state index in [1.165, 1.54) is 86.5 Å². The number of rotatable bonds is 4. The summed E-state index contributed by atoms with van der Waals surface area (Å²) in [5.41, 5.74) is 7.36. The van der Waals surface area contributed by atoms with Crippen LogP contribution < -0.4 is 9.34 Å². The standard InChI is InChI=1S/2C18H28N3OP/c2*1-15-11-16(2)13-18(12-15)21-14-17-7-6-10-20(17)23(21,22)19-8-4-3-5-9-19/h2*11-13,17H,3-10,14H2,1-2H3/t2*17-,23-/m00/s1. The Morgan fingerprint density at radius 3 is 1.17 bits per heavy atom. The van der Waals surface area contributed by atoms with Gasteiger partial charge in [-0.15, -0.1) is 0 Å². The highest BCUT2D eigenvalue weighted by atomic mass is 31.2. The van der Waals surface area contributed by atoms with Gasteiger partial charge in [0.15, 0.2) is 0 Å². The third-order valence-electron chi connectivity index (χ3n) is 11.2. The largest absolute Gasteiger partial charge is 0.311 e. The number of fused-ring (bicyclic) bond motifs is 2. The van der Waals surface area contributed by atoms with Crippen LogP contribution in [0.4, 0.5) is 11.4 Å². The number of nitrogens with zero attached hydrogens (tertiary/aromatic N) is 6. The SMILES string of the molecule is Cc1cc(C)cc(N2C[C@@H]3CCCN3[P@@]2(=O)N2CCCCC2)c1.Cc1cc(C)cc(N2C[C@@H]3CCCN3[P@@]2(=O)N2CCCCC2)c1. The van der Waals surface area contributed by atoms with Gasteiger partial charge in [-0.25, -0.2) is 18.7 Å². The normalized spacial score (nSPS) is 32.4. The summed E-state index contributed by atoms with van der Waals surface area (Å²) in [6.45, 7) is 16.4. The Labute approximate surface area is 278 Å². The highest BCUT2D eigenvalue weighted by molar-refractivity contribution is 7.61. The van der Waals surface area contributed by atoms with Crippen LogP contribution >= 0.6 is 15.2 Å². The van der Waals surface area contributed by atoms with E-state index in [2.05, 4.69) is 92.1 Å². The Morgan fingerprint density at radius 1 is 0.478 bits per heavy atom. The van der Waals surface area contributed by atoms with Crippen molar-refractivity contribution < 1.29 is 9.13 Å². The molecule has 2 aromatic carbocycles. The van der Waals surface area contributed by atoms with E-state index >= 15 is 0 Å². The van der Waals surface area contributed by atoms with Crippen LogP contribution in [0.3, 0.4) is 0 Å². The molecule has 0 bridgehead atoms. The zero-order valence-electron chi connectivity index (χ0n) is 28.7. The lowest BCUT2D eigenvalue weighted by Gasteiger charge is -2.40. The minimum atomic E-state index is -2.62. The third-order valence-corrected chi connectivity index (χ3v) is 17.9. The molecule has 0 radical (unpaired) electrons. The van der Waals surface area contributed by atoms with Crippen LogP contribution in [-0.2, 0) is 9.13 Å². The number of piperidine rings is 2. The Bertz CT molecular complexity index is 1350. The molecule has 6 heterocycles. The first-order valence-electron chi connectivity index (χ1n) is 18.2. The Morgan fingerprint density at radius 2 is 0.826 bits per heavy atom. The van der Waals surface area contributed by atoms with Crippen LogP contribution in [0.25, 0.3) is 0 Å². The second-order valence-electron chi connectivity index (χ2n) is 14.8. The predicted molar refractivity (Wildman–Crippen MR) is 192 cm³/mol. The molecule has 0 spiro atoms. The molecule has 6 aliphatic heterocycles. The summed E-state index contributed by atoms with van der Waals surface area (Å²) >= 11 is 0. The monoisotopic (exact) mass is 666 g/mol. The molecule has 6 aliphatic rings. The fourth-order valence-electron chi connectivity index (χ4n) is 9.20. The minimum absolute atomic E-state index is 0.476. The van der Waals surface area contributed by atoms with Gasteiger partial charge in [0.05, 0.1) is 0 Å². The number of hydrogen-bond donors (Lipinski definition) is 0. The van der Waals surface area contributed by atoms with Crippen LogP contribution in [0.1, 0.15) is 86.5 Å². The summed E-state index contributed by atoms with van der Waals surface area (Å²) in [4.78, 5) is 0. The van der Waals surface area contributed by atoms with Crippen molar-refractivity contribution in [2.24, 2.45) is 0 Å². The smallest absolute Gasteiger partial charge is 0.297 e. The van der Waals surface area contributed by atoms with Crippen molar-refractivity contribution in [1.29, 1.82) is 0 Å². The Hall–Kier alpha value is -1.66. The topological polar surface area (TPSA) is 53.6 Å². The summed E-state index contributed by atoms with van der Waals surface area (Å²) in [5, 5.41) is 0. The van der Waals surface area contributed by atoms with Crippen molar-refractivity contribution >= 4 is 26.6 Å². The van der Waals surface area contributed by atoms with E-state index in [9.17, 15) is 9.13 Å². The lowest BCUT2D eigenvalue weighted by Crippen LogP contribution is -2.37. The molecule has 8 rings (SSSR count). The Balaban J connectivity index is 0.000000147. The van der Waals surface area contributed by atoms with E-state index in [0.29, 0.717) is 12.1 Å². The molecule has 252 valence electrons. The molecular weight excluding hydrogens is 610 g/mol. The van der Waals surface area contributed by atoms with Gasteiger partial charge in [-0.3, -0.25) is 18.5 Å². The molecule has 0 aliphatic carbocycles. The van der Waals surface area contributed by atoms with Crippen LogP contribution in [0, 0.1) is 27.7 Å². The van der Waals surface area contributed by atoms with E-state index < -0.39 is 15.2 Å². The predicted octanol–water partition coefficient (Wildman–Crippen LogP) is 8.36. The molecule has 0 amide bonds. The fraction of sp³-hybridized carbons (Fsp3) is 0.667. The number of benzene rings is 2. The lowest BCUT2D eigenvalue weighted by molar-refractivity contribution is 0.309. The van der Waals surface area contributed by atoms with Crippen molar-refractivity contribution in [3.05, 3.63) is 58.7 Å². The molecular formula is C36H56N6O2P2. The van der Waals surface area contributed by atoms with Gasteiger partial charge >= 0.3 is 15.2 Å². The second-order valence-corrected chi connectivity index (χ2v) is 20.0. The first kappa shape index (κ1) is 32.9. The van der Waals surface area contributed by atoms with Gasteiger partial charge in [0.1, 0.15) is 0 Å². The summed E-state index contributed by atoms with van der Waals surface area (Å²) in [5.74, 6) is 0. The van der Waals surface area contributed by atoms with Gasteiger partial charge in [0, 0.05) is 75.8 Å². The highest BCUT2D eigenvalue weighted by Gasteiger charge is 2.55. The van der Waals surface area contributed by atoms with Gasteiger partial charge in [0.2, 0.25) is 0 Å². The molecule has 0 aromatic heterocycles. The molecule has 0 N–H and O–H groups in total. The molecule has 10 heteroatoms. The van der Waals surface area contributed by atoms with E-state index in [-0.39, 0.29) is 0 Å². The van der Waals surface area contributed by atoms with Crippen molar-refractivity contribution in [2.45, 2.75) is 104 Å². The fourth-order valence-corrected chi connectivity index (χ4v) is 16.3. The van der Waals surface area contributed by atoms with E-state index in [4.69, 9.17) is 0 Å². The van der Waals surface area contributed by atoms with E-state index in [0.717, 1.165) is 63.7 Å². The van der Waals surface area contributed by atoms with Crippen LogP contribution in [-0.4, -0.2) is 83.1 Å². The van der Waals surface area contributed by atoms with Crippen LogP contribution in [0.15, 0.2) is 36.4 Å². The maximum atomic E-state index is 14.3. The molecule has 8 nitrogen and oxygen atoms in total. The average Bonchev–Trinajstić information content (AvgIpc) is 3.82. The van der Waals surface area contributed by atoms with Crippen molar-refractivity contribution in [3.63, 3.8) is 0 Å². The molecule has 2 aromatic rings. The van der Waals surface area contributed by atoms with Gasteiger partial charge in [0.25, 0.3) is 0 Å². The number of hydrogen-bond acceptors (Lipinski definition) is 2. The summed E-state index contributed by atoms with van der Waals surface area (Å²) in [6, 6.07) is 14.2. The maximum absolute atomic E-state index is 14.3. The minimum Gasteiger partial charge on any atom is -0.297 e. The first-order chi connectivity index (χ1) is 22.2. The van der Waals surface area contributed by atoms with E-state index in [1.54, 1.807) is 0 Å². The third kappa shape index (κ3) is 5.94. The molecule has 4 atom stereocenters. The number of aryl methyl sites for hydroxylation is 4. The van der Waals surface area contributed by atoms with E-state index in [1.807, 2.05) is 0 Å². The highest BCUT2D eigenvalue weighted by Crippen LogP contribution is 2.66. The van der Waals surface area contributed by atoms with Gasteiger partial charge in [-0.1, -0.05) is 25.0 Å². The molecule has 0 unspecified atom stereocenters. The van der Waals surface area contributed by atoms with Gasteiger partial charge in [-0.2, -0.15) is 0 Å². The molecule has 6 saturated heterocycles. The van der Waals surface area contributed by atoms with Crippen molar-refractivity contribution in [2.75, 3.05) is 61.7 Å². The second kappa shape index (κ2) is 13.3. The molecule has 6 fully saturated rings. The summed E-state index contributed by atoms with van der Waals surface area (Å²) in [7, 11) is -5.24.